The molecule has 1 heterocycles. The van der Waals surface area contributed by atoms with E-state index in [1.54, 1.807) is 0 Å². The van der Waals surface area contributed by atoms with Gasteiger partial charge in [0.05, 0.1) is 0 Å². The fraction of sp³-hybridized carbons (Fsp3) is 0.533. The highest BCUT2D eigenvalue weighted by molar-refractivity contribution is 5.94. The molecule has 3 heteroatoms. The molecule has 2 unspecified atom stereocenters. The maximum atomic E-state index is 7.39. The van der Waals surface area contributed by atoms with Crippen LogP contribution < -0.4 is 5.73 Å². The molecule has 0 spiro atoms. The van der Waals surface area contributed by atoms with Gasteiger partial charge in [-0.1, -0.05) is 31.2 Å². The fourth-order valence-electron chi connectivity index (χ4n) is 2.85. The third-order valence-electron chi connectivity index (χ3n) is 4.05. The summed E-state index contributed by atoms with van der Waals surface area (Å²) in [7, 11) is 0. The third-order valence-corrected chi connectivity index (χ3v) is 4.05. The average molecular weight is 245 g/mol. The smallest absolute Gasteiger partial charge is 0.122 e. The Hall–Kier alpha value is -1.35. The van der Waals surface area contributed by atoms with Gasteiger partial charge in [0.1, 0.15) is 5.84 Å². The molecule has 1 aromatic carbocycles. The zero-order valence-electron chi connectivity index (χ0n) is 11.3. The van der Waals surface area contributed by atoms with Crippen LogP contribution in [0, 0.1) is 5.41 Å². The molecule has 98 valence electrons. The van der Waals surface area contributed by atoms with E-state index in [-0.39, 0.29) is 5.84 Å². The second-order valence-corrected chi connectivity index (χ2v) is 5.27. The molecular weight excluding hydrogens is 222 g/mol. The van der Waals surface area contributed by atoms with Gasteiger partial charge in [-0.15, -0.1) is 0 Å². The summed E-state index contributed by atoms with van der Waals surface area (Å²) in [6.45, 7) is 5.60. The zero-order chi connectivity index (χ0) is 13.1. The number of nitrogens with one attached hydrogen (secondary N) is 1. The summed E-state index contributed by atoms with van der Waals surface area (Å²) in [5, 5.41) is 7.39. The predicted octanol–water partition coefficient (Wildman–Crippen LogP) is 2.73. The molecular formula is C15H23N3. The van der Waals surface area contributed by atoms with Gasteiger partial charge in [-0.05, 0) is 31.7 Å². The van der Waals surface area contributed by atoms with Gasteiger partial charge in [-0.25, -0.2) is 0 Å². The molecule has 0 amide bonds. The van der Waals surface area contributed by atoms with Gasteiger partial charge < -0.3 is 5.73 Å². The highest BCUT2D eigenvalue weighted by Crippen LogP contribution is 2.27. The minimum absolute atomic E-state index is 0.141. The van der Waals surface area contributed by atoms with Gasteiger partial charge in [0, 0.05) is 24.2 Å². The predicted molar refractivity (Wildman–Crippen MR) is 75.8 cm³/mol. The van der Waals surface area contributed by atoms with Crippen LogP contribution in [0.15, 0.2) is 24.3 Å². The number of nitrogens with two attached hydrogens (primary N) is 1. The monoisotopic (exact) mass is 245 g/mol. The third kappa shape index (κ3) is 2.72. The Kier molecular flexibility index (Phi) is 4.02. The van der Waals surface area contributed by atoms with Crippen LogP contribution in [0.5, 0.6) is 0 Å². The summed E-state index contributed by atoms with van der Waals surface area (Å²) < 4.78 is 0. The molecule has 1 aliphatic rings. The van der Waals surface area contributed by atoms with E-state index in [4.69, 9.17) is 11.1 Å². The number of nitrogen functional groups attached to an aromatic ring is 1. The van der Waals surface area contributed by atoms with Crippen LogP contribution in [0.2, 0.25) is 0 Å². The van der Waals surface area contributed by atoms with Crippen molar-refractivity contribution < 1.29 is 0 Å². The van der Waals surface area contributed by atoms with Crippen molar-refractivity contribution in [2.75, 3.05) is 0 Å². The first kappa shape index (κ1) is 13.1. The first-order valence-electron chi connectivity index (χ1n) is 6.81. The summed E-state index contributed by atoms with van der Waals surface area (Å²) in [4.78, 5) is 2.60. The Bertz CT molecular complexity index is 410. The largest absolute Gasteiger partial charge is 0.384 e. The number of rotatable bonds is 4. The maximum Gasteiger partial charge on any atom is 0.122 e. The van der Waals surface area contributed by atoms with E-state index in [0.717, 1.165) is 18.2 Å². The van der Waals surface area contributed by atoms with E-state index in [1.165, 1.54) is 24.8 Å². The molecule has 1 aliphatic heterocycles. The van der Waals surface area contributed by atoms with E-state index in [2.05, 4.69) is 30.9 Å². The van der Waals surface area contributed by atoms with Gasteiger partial charge in [-0.3, -0.25) is 10.3 Å². The molecule has 2 rings (SSSR count). The molecule has 0 aliphatic carbocycles. The number of hydrogen-bond acceptors (Lipinski definition) is 2. The lowest BCUT2D eigenvalue weighted by molar-refractivity contribution is 0.189. The lowest BCUT2D eigenvalue weighted by Crippen LogP contribution is -2.33. The van der Waals surface area contributed by atoms with Crippen molar-refractivity contribution in [2.45, 2.75) is 51.7 Å². The number of likely N-dealkylation sites (tertiary alicyclic amines) is 1. The van der Waals surface area contributed by atoms with Crippen LogP contribution >= 0.6 is 0 Å². The molecule has 1 fully saturated rings. The highest BCUT2D eigenvalue weighted by Gasteiger charge is 2.28. The standard InChI is InChI=1S/C15H23N3/c1-3-14-9-4-11(2)18(14)10-12-5-7-13(8-6-12)15(16)17/h5-8,11,14H,3-4,9-10H2,1-2H3,(H3,16,17). The Balaban J connectivity index is 2.06. The summed E-state index contributed by atoms with van der Waals surface area (Å²) in [5.74, 6) is 0.141. The van der Waals surface area contributed by atoms with Crippen molar-refractivity contribution in [3.05, 3.63) is 35.4 Å². The van der Waals surface area contributed by atoms with Gasteiger partial charge in [0.15, 0.2) is 0 Å². The minimum Gasteiger partial charge on any atom is -0.384 e. The fourth-order valence-corrected chi connectivity index (χ4v) is 2.85. The van der Waals surface area contributed by atoms with Crippen molar-refractivity contribution in [3.63, 3.8) is 0 Å². The summed E-state index contributed by atoms with van der Waals surface area (Å²) in [5.41, 5.74) is 7.58. The van der Waals surface area contributed by atoms with Crippen molar-refractivity contribution >= 4 is 5.84 Å². The normalized spacial score (nSPS) is 24.3. The molecule has 0 bridgehead atoms. The molecule has 3 N–H and O–H groups in total. The average Bonchev–Trinajstić information content (AvgIpc) is 2.71. The quantitative estimate of drug-likeness (QED) is 0.633. The lowest BCUT2D eigenvalue weighted by Gasteiger charge is -2.27. The number of nitrogens with zero attached hydrogens (tertiary/aromatic N) is 1. The minimum atomic E-state index is 0.141. The Morgan fingerprint density at radius 2 is 2.00 bits per heavy atom. The summed E-state index contributed by atoms with van der Waals surface area (Å²) >= 11 is 0. The van der Waals surface area contributed by atoms with Gasteiger partial charge in [0.25, 0.3) is 0 Å². The van der Waals surface area contributed by atoms with E-state index in [0.29, 0.717) is 6.04 Å². The second kappa shape index (κ2) is 5.53. The van der Waals surface area contributed by atoms with Crippen LogP contribution in [0.3, 0.4) is 0 Å². The van der Waals surface area contributed by atoms with Crippen LogP contribution in [-0.2, 0) is 6.54 Å². The van der Waals surface area contributed by atoms with Gasteiger partial charge in [-0.2, -0.15) is 0 Å². The van der Waals surface area contributed by atoms with Crippen LogP contribution in [-0.4, -0.2) is 22.8 Å². The second-order valence-electron chi connectivity index (χ2n) is 5.27. The molecule has 2 atom stereocenters. The Labute approximate surface area is 109 Å². The summed E-state index contributed by atoms with van der Waals surface area (Å²) in [6.07, 6.45) is 3.86. The molecule has 0 aromatic heterocycles. The lowest BCUT2D eigenvalue weighted by atomic mass is 10.1. The van der Waals surface area contributed by atoms with E-state index in [9.17, 15) is 0 Å². The molecule has 1 aromatic rings. The molecule has 3 nitrogen and oxygen atoms in total. The van der Waals surface area contributed by atoms with Crippen LogP contribution in [0.1, 0.15) is 44.2 Å². The first-order valence-corrected chi connectivity index (χ1v) is 6.81. The van der Waals surface area contributed by atoms with E-state index >= 15 is 0 Å². The number of benzene rings is 1. The molecule has 1 saturated heterocycles. The van der Waals surface area contributed by atoms with E-state index < -0.39 is 0 Å². The maximum absolute atomic E-state index is 7.39. The highest BCUT2D eigenvalue weighted by atomic mass is 15.2. The number of amidine groups is 1. The molecule has 0 saturated carbocycles. The van der Waals surface area contributed by atoms with Gasteiger partial charge >= 0.3 is 0 Å². The number of hydrogen-bond donors (Lipinski definition) is 2. The topological polar surface area (TPSA) is 53.1 Å². The molecule has 18 heavy (non-hydrogen) atoms. The van der Waals surface area contributed by atoms with Crippen LogP contribution in [0.25, 0.3) is 0 Å². The Morgan fingerprint density at radius 3 is 2.56 bits per heavy atom. The van der Waals surface area contributed by atoms with Crippen LogP contribution in [0.4, 0.5) is 0 Å². The Morgan fingerprint density at radius 1 is 1.33 bits per heavy atom. The first-order chi connectivity index (χ1) is 8.61. The summed E-state index contributed by atoms with van der Waals surface area (Å²) in [6, 6.07) is 9.48. The SMILES string of the molecule is CCC1CCC(C)N1Cc1ccc(C(=N)N)cc1. The molecule has 0 radical (unpaired) electrons. The van der Waals surface area contributed by atoms with E-state index in [1.807, 2.05) is 12.1 Å². The van der Waals surface area contributed by atoms with Crippen molar-refractivity contribution in [1.29, 1.82) is 5.41 Å². The van der Waals surface area contributed by atoms with Crippen molar-refractivity contribution in [3.8, 4) is 0 Å². The van der Waals surface area contributed by atoms with Crippen molar-refractivity contribution in [1.82, 2.24) is 4.90 Å². The zero-order valence-corrected chi connectivity index (χ0v) is 11.3. The van der Waals surface area contributed by atoms with Crippen molar-refractivity contribution in [2.24, 2.45) is 5.73 Å². The van der Waals surface area contributed by atoms with Gasteiger partial charge in [0.2, 0.25) is 0 Å².